The van der Waals surface area contributed by atoms with Crippen LogP contribution in [-0.4, -0.2) is 44.3 Å². The van der Waals surface area contributed by atoms with E-state index in [1.807, 2.05) is 42.9 Å². The predicted octanol–water partition coefficient (Wildman–Crippen LogP) is 2.86. The Morgan fingerprint density at radius 2 is 2.28 bits per heavy atom. The third-order valence-corrected chi connectivity index (χ3v) is 4.19. The molecule has 0 saturated heterocycles. The molecule has 132 valence electrons. The molecule has 2 amide bonds. The van der Waals surface area contributed by atoms with Crippen LogP contribution in [0.25, 0.3) is 11.0 Å². The minimum Gasteiger partial charge on any atom is -0.340 e. The SMILES string of the molecule is Cc1ccc2nc([C@@H](C)NC(=O)N(C)CCCn3cccn3)[nH]c2c1. The molecule has 2 aromatic heterocycles. The number of aryl methyl sites for hydroxylation is 2. The quantitative estimate of drug-likeness (QED) is 0.724. The van der Waals surface area contributed by atoms with Crippen LogP contribution in [0.15, 0.2) is 36.7 Å². The number of H-pyrrole nitrogens is 1. The van der Waals surface area contributed by atoms with Gasteiger partial charge in [0.05, 0.1) is 17.1 Å². The predicted molar refractivity (Wildman–Crippen MR) is 97.3 cm³/mol. The van der Waals surface area contributed by atoms with Crippen molar-refractivity contribution in [3.63, 3.8) is 0 Å². The van der Waals surface area contributed by atoms with Gasteiger partial charge >= 0.3 is 6.03 Å². The van der Waals surface area contributed by atoms with Crippen molar-refractivity contribution in [2.75, 3.05) is 13.6 Å². The summed E-state index contributed by atoms with van der Waals surface area (Å²) in [5.74, 6) is 0.763. The van der Waals surface area contributed by atoms with Gasteiger partial charge in [0.1, 0.15) is 5.82 Å². The maximum atomic E-state index is 12.3. The molecule has 0 unspecified atom stereocenters. The first-order valence-corrected chi connectivity index (χ1v) is 8.48. The summed E-state index contributed by atoms with van der Waals surface area (Å²) in [6.07, 6.45) is 4.53. The molecule has 7 nitrogen and oxygen atoms in total. The Kier molecular flexibility index (Phi) is 5.02. The summed E-state index contributed by atoms with van der Waals surface area (Å²) in [5.41, 5.74) is 3.08. The van der Waals surface area contributed by atoms with Crippen molar-refractivity contribution < 1.29 is 4.79 Å². The molecular formula is C18H24N6O. The van der Waals surface area contributed by atoms with Gasteiger partial charge in [-0.25, -0.2) is 9.78 Å². The lowest BCUT2D eigenvalue weighted by molar-refractivity contribution is 0.203. The fourth-order valence-corrected chi connectivity index (χ4v) is 2.72. The van der Waals surface area contributed by atoms with Gasteiger partial charge in [-0.15, -0.1) is 0 Å². The van der Waals surface area contributed by atoms with Crippen LogP contribution in [0, 0.1) is 6.92 Å². The Labute approximate surface area is 147 Å². The summed E-state index contributed by atoms with van der Waals surface area (Å²) in [4.78, 5) is 21.9. The smallest absolute Gasteiger partial charge is 0.317 e. The van der Waals surface area contributed by atoms with Crippen molar-refractivity contribution in [2.24, 2.45) is 0 Å². The number of amides is 2. The van der Waals surface area contributed by atoms with E-state index >= 15 is 0 Å². The van der Waals surface area contributed by atoms with Crippen molar-refractivity contribution in [1.29, 1.82) is 0 Å². The standard InChI is InChI=1S/C18H24N6O/c1-13-6-7-15-16(12-13)22-17(21-15)14(2)20-18(25)23(3)9-5-11-24-10-4-8-19-24/h4,6-8,10,12,14H,5,9,11H2,1-3H3,(H,20,25)(H,21,22)/t14-/m1/s1. The fourth-order valence-electron chi connectivity index (χ4n) is 2.72. The summed E-state index contributed by atoms with van der Waals surface area (Å²) >= 11 is 0. The monoisotopic (exact) mass is 340 g/mol. The average molecular weight is 340 g/mol. The molecule has 25 heavy (non-hydrogen) atoms. The molecule has 0 aliphatic heterocycles. The van der Waals surface area contributed by atoms with Gasteiger partial charge in [-0.1, -0.05) is 6.07 Å². The van der Waals surface area contributed by atoms with Crippen molar-refractivity contribution >= 4 is 17.1 Å². The normalized spacial score (nSPS) is 12.3. The van der Waals surface area contributed by atoms with Gasteiger partial charge in [0.15, 0.2) is 0 Å². The number of rotatable bonds is 6. The van der Waals surface area contributed by atoms with Gasteiger partial charge in [0, 0.05) is 32.5 Å². The summed E-state index contributed by atoms with van der Waals surface area (Å²) < 4.78 is 1.87. The highest BCUT2D eigenvalue weighted by molar-refractivity contribution is 5.77. The molecule has 2 heterocycles. The van der Waals surface area contributed by atoms with Gasteiger partial charge in [-0.2, -0.15) is 5.10 Å². The van der Waals surface area contributed by atoms with E-state index in [1.54, 1.807) is 18.1 Å². The average Bonchev–Trinajstić information content (AvgIpc) is 3.23. The van der Waals surface area contributed by atoms with E-state index in [4.69, 9.17) is 0 Å². The highest BCUT2D eigenvalue weighted by atomic mass is 16.2. The van der Waals surface area contributed by atoms with E-state index in [-0.39, 0.29) is 12.1 Å². The molecule has 0 aliphatic carbocycles. The van der Waals surface area contributed by atoms with E-state index in [0.29, 0.717) is 6.54 Å². The number of hydrogen-bond donors (Lipinski definition) is 2. The minimum atomic E-state index is -0.186. The lowest BCUT2D eigenvalue weighted by Crippen LogP contribution is -2.39. The molecule has 0 aliphatic rings. The number of benzene rings is 1. The maximum absolute atomic E-state index is 12.3. The zero-order valence-electron chi connectivity index (χ0n) is 14.9. The van der Waals surface area contributed by atoms with E-state index in [9.17, 15) is 4.79 Å². The van der Waals surface area contributed by atoms with Gasteiger partial charge in [-0.3, -0.25) is 4.68 Å². The first-order valence-electron chi connectivity index (χ1n) is 8.48. The van der Waals surface area contributed by atoms with Crippen LogP contribution in [0.1, 0.15) is 30.8 Å². The third kappa shape index (κ3) is 4.17. The molecule has 2 N–H and O–H groups in total. The van der Waals surface area contributed by atoms with Gasteiger partial charge in [0.2, 0.25) is 0 Å². The van der Waals surface area contributed by atoms with E-state index in [0.717, 1.165) is 29.8 Å². The number of nitrogens with zero attached hydrogens (tertiary/aromatic N) is 4. The second-order valence-electron chi connectivity index (χ2n) is 6.36. The first-order chi connectivity index (χ1) is 12.0. The summed E-state index contributed by atoms with van der Waals surface area (Å²) in [6, 6.07) is 7.68. The Hall–Kier alpha value is -2.83. The molecule has 0 saturated carbocycles. The zero-order chi connectivity index (χ0) is 17.8. The van der Waals surface area contributed by atoms with Crippen LogP contribution in [0.4, 0.5) is 4.79 Å². The molecule has 0 fully saturated rings. The Morgan fingerprint density at radius 3 is 3.04 bits per heavy atom. The zero-order valence-corrected chi connectivity index (χ0v) is 14.9. The minimum absolute atomic E-state index is 0.107. The van der Waals surface area contributed by atoms with Crippen LogP contribution in [0.2, 0.25) is 0 Å². The number of carbonyl (C=O) groups is 1. The molecular weight excluding hydrogens is 316 g/mol. The number of carbonyl (C=O) groups excluding carboxylic acids is 1. The third-order valence-electron chi connectivity index (χ3n) is 4.19. The number of aromatic nitrogens is 4. The topological polar surface area (TPSA) is 78.8 Å². The summed E-state index contributed by atoms with van der Waals surface area (Å²) in [7, 11) is 1.80. The second kappa shape index (κ2) is 7.38. The highest BCUT2D eigenvalue weighted by Crippen LogP contribution is 2.17. The number of fused-ring (bicyclic) bond motifs is 1. The summed E-state index contributed by atoms with van der Waals surface area (Å²) in [6.45, 7) is 5.43. The Balaban J connectivity index is 1.53. The van der Waals surface area contributed by atoms with Crippen molar-refractivity contribution in [1.82, 2.24) is 30.0 Å². The van der Waals surface area contributed by atoms with E-state index in [1.165, 1.54) is 5.56 Å². The largest absolute Gasteiger partial charge is 0.340 e. The molecule has 1 atom stereocenters. The molecule has 1 aromatic carbocycles. The lowest BCUT2D eigenvalue weighted by atomic mass is 10.2. The fraction of sp³-hybridized carbons (Fsp3) is 0.389. The van der Waals surface area contributed by atoms with Crippen LogP contribution in [0.3, 0.4) is 0 Å². The number of aromatic amines is 1. The number of nitrogens with one attached hydrogen (secondary N) is 2. The Morgan fingerprint density at radius 1 is 1.44 bits per heavy atom. The Bertz CT molecular complexity index is 839. The van der Waals surface area contributed by atoms with Crippen LogP contribution in [0.5, 0.6) is 0 Å². The van der Waals surface area contributed by atoms with Gasteiger partial charge in [-0.05, 0) is 44.0 Å². The second-order valence-corrected chi connectivity index (χ2v) is 6.36. The number of urea groups is 1. The van der Waals surface area contributed by atoms with Crippen molar-refractivity contribution in [3.8, 4) is 0 Å². The van der Waals surface area contributed by atoms with Crippen LogP contribution in [-0.2, 0) is 6.54 Å². The number of imidazole rings is 1. The molecule has 7 heteroatoms. The molecule has 3 aromatic rings. The lowest BCUT2D eigenvalue weighted by Gasteiger charge is -2.20. The first kappa shape index (κ1) is 17.0. The number of hydrogen-bond acceptors (Lipinski definition) is 3. The van der Waals surface area contributed by atoms with Gasteiger partial charge in [0.25, 0.3) is 0 Å². The highest BCUT2D eigenvalue weighted by Gasteiger charge is 2.16. The van der Waals surface area contributed by atoms with Gasteiger partial charge < -0.3 is 15.2 Å². The van der Waals surface area contributed by atoms with E-state index in [2.05, 4.69) is 26.4 Å². The molecule has 0 radical (unpaired) electrons. The molecule has 0 spiro atoms. The van der Waals surface area contributed by atoms with Crippen molar-refractivity contribution in [3.05, 3.63) is 48.0 Å². The van der Waals surface area contributed by atoms with Crippen molar-refractivity contribution in [2.45, 2.75) is 32.9 Å². The molecule has 3 rings (SSSR count). The van der Waals surface area contributed by atoms with E-state index < -0.39 is 0 Å². The van der Waals surface area contributed by atoms with Crippen LogP contribution >= 0.6 is 0 Å². The molecule has 0 bridgehead atoms. The van der Waals surface area contributed by atoms with Crippen LogP contribution < -0.4 is 5.32 Å². The summed E-state index contributed by atoms with van der Waals surface area (Å²) in [5, 5.41) is 7.14. The maximum Gasteiger partial charge on any atom is 0.317 e.